The Hall–Kier alpha value is -2.92. The lowest BCUT2D eigenvalue weighted by Crippen LogP contribution is -2.50. The Balaban J connectivity index is 1.06. The van der Waals surface area contributed by atoms with Gasteiger partial charge in [-0.2, -0.15) is 0 Å². The van der Waals surface area contributed by atoms with Crippen LogP contribution in [0.4, 0.5) is 10.1 Å². The molecule has 2 aliphatic rings. The third kappa shape index (κ3) is 5.57. The van der Waals surface area contributed by atoms with Gasteiger partial charge in [0.15, 0.2) is 0 Å². The number of aryl methyl sites for hydroxylation is 1. The molecule has 190 valence electrons. The number of rotatable bonds is 8. The first-order valence-corrected chi connectivity index (χ1v) is 12.9. The van der Waals surface area contributed by atoms with E-state index < -0.39 is 17.8 Å². The van der Waals surface area contributed by atoms with Crippen LogP contribution < -0.4 is 9.64 Å². The Kier molecular flexibility index (Phi) is 7.29. The van der Waals surface area contributed by atoms with Gasteiger partial charge in [0.1, 0.15) is 24.3 Å². The molecule has 3 aromatic rings. The lowest BCUT2D eigenvalue weighted by Gasteiger charge is -2.36. The maximum Gasteiger partial charge on any atom is 0.238 e. The molecule has 2 aliphatic heterocycles. The number of fused-ring (bicyclic) bond motifs is 1. The first-order valence-electron chi connectivity index (χ1n) is 12.1. The molecule has 2 amide bonds. The topological polar surface area (TPSA) is 86.2 Å². The molecule has 2 atom stereocenters. The summed E-state index contributed by atoms with van der Waals surface area (Å²) in [4.78, 5) is 35.3. The molecule has 2 fully saturated rings. The van der Waals surface area contributed by atoms with E-state index in [9.17, 15) is 19.1 Å². The molecule has 1 unspecified atom stereocenters. The summed E-state index contributed by atoms with van der Waals surface area (Å²) in [6, 6.07) is 11.4. The van der Waals surface area contributed by atoms with Crippen LogP contribution >= 0.6 is 11.3 Å². The molecule has 1 aromatic heterocycles. The van der Waals surface area contributed by atoms with Crippen molar-refractivity contribution in [3.63, 3.8) is 0 Å². The molecule has 5 rings (SSSR count). The molecule has 2 aromatic carbocycles. The average molecular weight is 513 g/mol. The third-order valence-corrected chi connectivity index (χ3v) is 7.58. The largest absolute Gasteiger partial charge is 0.491 e. The van der Waals surface area contributed by atoms with E-state index in [-0.39, 0.29) is 30.5 Å². The number of nitrogens with zero attached hydrogens (tertiary/aromatic N) is 4. The van der Waals surface area contributed by atoms with Crippen molar-refractivity contribution in [2.75, 3.05) is 50.8 Å². The zero-order valence-electron chi connectivity index (χ0n) is 20.1. The number of imide groups is 1. The van der Waals surface area contributed by atoms with Crippen molar-refractivity contribution in [3.8, 4) is 5.75 Å². The maximum atomic E-state index is 13.6. The highest BCUT2D eigenvalue weighted by atomic mass is 32.1. The molecule has 3 heterocycles. The van der Waals surface area contributed by atoms with Crippen molar-refractivity contribution in [1.82, 2.24) is 14.8 Å². The van der Waals surface area contributed by atoms with Gasteiger partial charge in [0.25, 0.3) is 0 Å². The van der Waals surface area contributed by atoms with Gasteiger partial charge in [-0.05, 0) is 37.3 Å². The Bertz CT molecular complexity index is 1260. The summed E-state index contributed by atoms with van der Waals surface area (Å²) in [6.45, 7) is 6.16. The predicted molar refractivity (Wildman–Crippen MR) is 136 cm³/mol. The van der Waals surface area contributed by atoms with Crippen molar-refractivity contribution < 1.29 is 23.8 Å². The lowest BCUT2D eigenvalue weighted by molar-refractivity contribution is -0.122. The Morgan fingerprint density at radius 2 is 1.92 bits per heavy atom. The number of halogens is 1. The van der Waals surface area contributed by atoms with Crippen molar-refractivity contribution in [2.45, 2.75) is 19.4 Å². The fourth-order valence-corrected chi connectivity index (χ4v) is 5.65. The van der Waals surface area contributed by atoms with Crippen molar-refractivity contribution >= 4 is 39.1 Å². The van der Waals surface area contributed by atoms with Crippen molar-refractivity contribution in [3.05, 3.63) is 53.3 Å². The van der Waals surface area contributed by atoms with E-state index in [2.05, 4.69) is 14.8 Å². The molecule has 1 N–H and O–H groups in total. The second-order valence-electron chi connectivity index (χ2n) is 9.38. The number of thiazole rings is 1. The number of carbonyl (C=O) groups excluding carboxylic acids is 2. The summed E-state index contributed by atoms with van der Waals surface area (Å²) in [6.07, 6.45) is -0.490. The van der Waals surface area contributed by atoms with E-state index >= 15 is 0 Å². The number of piperazine rings is 1. The average Bonchev–Trinajstić information content (AvgIpc) is 3.35. The molecular weight excluding hydrogens is 483 g/mol. The Morgan fingerprint density at radius 1 is 1.14 bits per heavy atom. The molecule has 10 heteroatoms. The highest BCUT2D eigenvalue weighted by Crippen LogP contribution is 2.28. The van der Waals surface area contributed by atoms with Gasteiger partial charge in [0.2, 0.25) is 11.8 Å². The minimum Gasteiger partial charge on any atom is -0.491 e. The van der Waals surface area contributed by atoms with Gasteiger partial charge in [0, 0.05) is 51.8 Å². The maximum absolute atomic E-state index is 13.6. The lowest BCUT2D eigenvalue weighted by atomic mass is 10.1. The minimum atomic E-state index is -0.627. The summed E-state index contributed by atoms with van der Waals surface area (Å²) in [5.41, 5.74) is 1.19. The van der Waals surface area contributed by atoms with Crippen LogP contribution in [0.15, 0.2) is 42.5 Å². The molecule has 36 heavy (non-hydrogen) atoms. The standard InChI is InChI=1S/C26H29FN4O4S/c1-17-28-23-13-22(5-6-24(23)36-17)35-16-21(32)15-30-9-7-29(8-10-30)14-18-11-25(33)31(26(18)34)20-4-2-3-19(27)12-20/h2-6,12-13,18,21,32H,7-11,14-16H2,1H3/t18?,21-/m1/s1. The molecule has 0 radical (unpaired) electrons. The van der Waals surface area contributed by atoms with Gasteiger partial charge < -0.3 is 9.84 Å². The fraction of sp³-hybridized carbons (Fsp3) is 0.423. The van der Waals surface area contributed by atoms with E-state index in [1.54, 1.807) is 17.4 Å². The number of aromatic nitrogens is 1. The number of aliphatic hydroxyl groups excluding tert-OH is 1. The number of benzene rings is 2. The van der Waals surface area contributed by atoms with Crippen molar-refractivity contribution in [2.24, 2.45) is 5.92 Å². The SMILES string of the molecule is Cc1nc2cc(OC[C@H](O)CN3CCN(CC4CC(=O)N(c5cccc(F)c5)C4=O)CC3)ccc2s1. The van der Waals surface area contributed by atoms with E-state index in [1.165, 1.54) is 18.2 Å². The normalized spacial score (nSPS) is 20.4. The molecule has 0 saturated carbocycles. The second-order valence-corrected chi connectivity index (χ2v) is 10.6. The van der Waals surface area contributed by atoms with Gasteiger partial charge >= 0.3 is 0 Å². The van der Waals surface area contributed by atoms with Gasteiger partial charge in [-0.1, -0.05) is 6.07 Å². The van der Waals surface area contributed by atoms with Crippen LogP contribution in [0.25, 0.3) is 10.2 Å². The number of β-amino-alcohol motifs (C(OH)–C–C–N with tert-alkyl or cyclic N) is 1. The molecule has 0 bridgehead atoms. The summed E-state index contributed by atoms with van der Waals surface area (Å²) in [7, 11) is 0. The molecular formula is C26H29FN4O4S. The van der Waals surface area contributed by atoms with Gasteiger partial charge in [-0.3, -0.25) is 24.3 Å². The number of hydrogen-bond acceptors (Lipinski definition) is 8. The van der Waals surface area contributed by atoms with E-state index in [0.29, 0.717) is 18.8 Å². The molecule has 8 nitrogen and oxygen atoms in total. The number of aliphatic hydroxyl groups is 1. The van der Waals surface area contributed by atoms with Gasteiger partial charge in [0.05, 0.1) is 26.8 Å². The van der Waals surface area contributed by atoms with Crippen LogP contribution in [-0.4, -0.2) is 83.7 Å². The second kappa shape index (κ2) is 10.6. The fourth-order valence-electron chi connectivity index (χ4n) is 4.85. The number of anilines is 1. The summed E-state index contributed by atoms with van der Waals surface area (Å²) in [5.74, 6) is -0.770. The Labute approximate surface area is 212 Å². The van der Waals surface area contributed by atoms with Crippen LogP contribution in [0.2, 0.25) is 0 Å². The monoisotopic (exact) mass is 512 g/mol. The Morgan fingerprint density at radius 3 is 2.69 bits per heavy atom. The van der Waals surface area contributed by atoms with E-state index in [4.69, 9.17) is 4.74 Å². The molecule has 0 aliphatic carbocycles. The quantitative estimate of drug-likeness (QED) is 0.465. The smallest absolute Gasteiger partial charge is 0.238 e. The summed E-state index contributed by atoms with van der Waals surface area (Å²) in [5, 5.41) is 11.5. The van der Waals surface area contributed by atoms with Crippen LogP contribution in [0.1, 0.15) is 11.4 Å². The predicted octanol–water partition coefficient (Wildman–Crippen LogP) is 2.68. The number of hydrogen-bond donors (Lipinski definition) is 1. The highest BCUT2D eigenvalue weighted by Gasteiger charge is 2.40. The van der Waals surface area contributed by atoms with Crippen LogP contribution in [0.5, 0.6) is 5.75 Å². The first-order chi connectivity index (χ1) is 17.4. The zero-order valence-corrected chi connectivity index (χ0v) is 20.9. The van der Waals surface area contributed by atoms with Crippen LogP contribution in [0, 0.1) is 18.7 Å². The van der Waals surface area contributed by atoms with Crippen molar-refractivity contribution in [1.29, 1.82) is 0 Å². The third-order valence-electron chi connectivity index (χ3n) is 6.63. The van der Waals surface area contributed by atoms with Crippen LogP contribution in [-0.2, 0) is 9.59 Å². The highest BCUT2D eigenvalue weighted by molar-refractivity contribution is 7.18. The van der Waals surface area contributed by atoms with Gasteiger partial charge in [-0.25, -0.2) is 9.37 Å². The zero-order chi connectivity index (χ0) is 25.2. The number of carbonyl (C=O) groups is 2. The molecule has 2 saturated heterocycles. The van der Waals surface area contributed by atoms with Crippen LogP contribution in [0.3, 0.4) is 0 Å². The summed E-state index contributed by atoms with van der Waals surface area (Å²) < 4.78 is 20.5. The minimum absolute atomic E-state index is 0.137. The number of ether oxygens (including phenoxy) is 1. The van der Waals surface area contributed by atoms with E-state index in [1.807, 2.05) is 25.1 Å². The molecule has 0 spiro atoms. The first kappa shape index (κ1) is 24.8. The summed E-state index contributed by atoms with van der Waals surface area (Å²) >= 11 is 1.64. The number of amides is 2. The van der Waals surface area contributed by atoms with E-state index in [0.717, 1.165) is 46.3 Å². The van der Waals surface area contributed by atoms with Gasteiger partial charge in [-0.15, -0.1) is 11.3 Å².